The predicted octanol–water partition coefficient (Wildman–Crippen LogP) is 2.18. The monoisotopic (exact) mass is 245 g/mol. The second-order valence-corrected chi connectivity index (χ2v) is 4.60. The van der Waals surface area contributed by atoms with Gasteiger partial charge in [-0.25, -0.2) is 0 Å². The van der Waals surface area contributed by atoms with Gasteiger partial charge in [-0.3, -0.25) is 4.79 Å². The number of nitrogens with zero attached hydrogens (tertiary/aromatic N) is 1. The minimum Gasteiger partial charge on any atom is -0.399 e. The smallest absolute Gasteiger partial charge is 0.220 e. The minimum absolute atomic E-state index is 0.0259. The van der Waals surface area contributed by atoms with Gasteiger partial charge in [0.1, 0.15) is 0 Å². The Bertz CT molecular complexity index is 433. The molecule has 0 saturated carbocycles. The van der Waals surface area contributed by atoms with Gasteiger partial charge >= 0.3 is 0 Å². The van der Waals surface area contributed by atoms with E-state index in [1.807, 2.05) is 44.2 Å². The van der Waals surface area contributed by atoms with Gasteiger partial charge in [0.15, 0.2) is 0 Å². The van der Waals surface area contributed by atoms with Crippen LogP contribution in [0.15, 0.2) is 24.3 Å². The third kappa shape index (κ3) is 4.46. The summed E-state index contributed by atoms with van der Waals surface area (Å²) in [5.41, 5.74) is 7.43. The number of nitrogens with one attached hydrogen (secondary N) is 1. The summed E-state index contributed by atoms with van der Waals surface area (Å²) >= 11 is 0. The molecule has 0 aliphatic rings. The van der Waals surface area contributed by atoms with E-state index in [0.29, 0.717) is 12.8 Å². The summed E-state index contributed by atoms with van der Waals surface area (Å²) in [6.45, 7) is 3.83. The van der Waals surface area contributed by atoms with Gasteiger partial charge in [-0.15, -0.1) is 0 Å². The lowest BCUT2D eigenvalue weighted by Gasteiger charge is -2.14. The highest BCUT2D eigenvalue weighted by Crippen LogP contribution is 2.19. The Kier molecular flexibility index (Phi) is 5.19. The third-order valence-corrected chi connectivity index (χ3v) is 2.80. The topological polar surface area (TPSA) is 78.9 Å². The first-order chi connectivity index (χ1) is 8.52. The summed E-state index contributed by atoms with van der Waals surface area (Å²) in [6.07, 6.45) is 0.752. The van der Waals surface area contributed by atoms with Crippen molar-refractivity contribution in [2.45, 2.75) is 38.6 Å². The number of rotatable bonds is 5. The number of nitrogens with two attached hydrogens (primary N) is 1. The molecule has 3 N–H and O–H groups in total. The highest BCUT2D eigenvalue weighted by molar-refractivity contribution is 5.77. The minimum atomic E-state index is -0.0962. The third-order valence-electron chi connectivity index (χ3n) is 2.80. The van der Waals surface area contributed by atoms with E-state index in [4.69, 9.17) is 11.0 Å². The molecular weight excluding hydrogens is 226 g/mol. The van der Waals surface area contributed by atoms with Crippen LogP contribution in [0, 0.1) is 11.3 Å². The molecule has 1 aromatic rings. The Hall–Kier alpha value is -2.02. The maximum atomic E-state index is 11.7. The van der Waals surface area contributed by atoms with Crippen molar-refractivity contribution in [2.24, 2.45) is 0 Å². The van der Waals surface area contributed by atoms with Crippen molar-refractivity contribution in [3.05, 3.63) is 29.8 Å². The van der Waals surface area contributed by atoms with Gasteiger partial charge in [0.2, 0.25) is 5.91 Å². The zero-order chi connectivity index (χ0) is 13.5. The first kappa shape index (κ1) is 14.0. The van der Waals surface area contributed by atoms with Crippen LogP contribution in [-0.4, -0.2) is 11.9 Å². The van der Waals surface area contributed by atoms with E-state index in [9.17, 15) is 4.79 Å². The van der Waals surface area contributed by atoms with Crippen molar-refractivity contribution in [1.82, 2.24) is 5.32 Å². The predicted molar refractivity (Wildman–Crippen MR) is 71.7 cm³/mol. The molecule has 0 radical (unpaired) electrons. The molecule has 0 saturated heterocycles. The van der Waals surface area contributed by atoms with Gasteiger partial charge in [0, 0.05) is 18.2 Å². The fraction of sp³-hybridized carbons (Fsp3) is 0.429. The molecule has 0 fully saturated rings. The van der Waals surface area contributed by atoms with E-state index in [-0.39, 0.29) is 17.9 Å². The lowest BCUT2D eigenvalue weighted by atomic mass is 9.97. The fourth-order valence-electron chi connectivity index (χ4n) is 1.74. The first-order valence-electron chi connectivity index (χ1n) is 6.04. The lowest BCUT2D eigenvalue weighted by molar-refractivity contribution is -0.121. The number of benzene rings is 1. The summed E-state index contributed by atoms with van der Waals surface area (Å²) in [4.78, 5) is 11.7. The van der Waals surface area contributed by atoms with Crippen molar-refractivity contribution >= 4 is 11.6 Å². The van der Waals surface area contributed by atoms with Gasteiger partial charge in [-0.1, -0.05) is 19.1 Å². The largest absolute Gasteiger partial charge is 0.399 e. The maximum absolute atomic E-state index is 11.7. The quantitative estimate of drug-likeness (QED) is 0.780. The van der Waals surface area contributed by atoms with Crippen LogP contribution in [0.4, 0.5) is 5.69 Å². The summed E-state index contributed by atoms with van der Waals surface area (Å²) < 4.78 is 0. The van der Waals surface area contributed by atoms with E-state index in [1.165, 1.54) is 0 Å². The van der Waals surface area contributed by atoms with Crippen LogP contribution < -0.4 is 11.1 Å². The Labute approximate surface area is 108 Å². The molecule has 0 aliphatic carbocycles. The summed E-state index contributed by atoms with van der Waals surface area (Å²) in [5, 5.41) is 11.3. The van der Waals surface area contributed by atoms with Crippen LogP contribution in [0.25, 0.3) is 0 Å². The van der Waals surface area contributed by atoms with Crippen molar-refractivity contribution < 1.29 is 4.79 Å². The molecule has 0 aromatic heterocycles. The number of carbonyl (C=O) groups excluding carboxylic acids is 1. The second kappa shape index (κ2) is 6.65. The van der Waals surface area contributed by atoms with Crippen LogP contribution in [0.2, 0.25) is 0 Å². The number of nitrogen functional groups attached to an aromatic ring is 1. The van der Waals surface area contributed by atoms with Crippen LogP contribution in [-0.2, 0) is 4.79 Å². The fourth-order valence-corrected chi connectivity index (χ4v) is 1.74. The molecule has 4 nitrogen and oxygen atoms in total. The molecular formula is C14H19N3O. The SMILES string of the molecule is CC(CC#N)NC(=O)CC(C)c1ccc(N)cc1. The molecule has 18 heavy (non-hydrogen) atoms. The molecule has 2 unspecified atom stereocenters. The van der Waals surface area contributed by atoms with Crippen molar-refractivity contribution in [1.29, 1.82) is 5.26 Å². The molecule has 2 atom stereocenters. The average Bonchev–Trinajstić information content (AvgIpc) is 2.29. The molecule has 1 rings (SSSR count). The van der Waals surface area contributed by atoms with Crippen molar-refractivity contribution in [3.63, 3.8) is 0 Å². The van der Waals surface area contributed by atoms with Gasteiger partial charge in [0.05, 0.1) is 12.5 Å². The molecule has 0 heterocycles. The van der Waals surface area contributed by atoms with E-state index in [2.05, 4.69) is 5.32 Å². The summed E-state index contributed by atoms with van der Waals surface area (Å²) in [7, 11) is 0. The van der Waals surface area contributed by atoms with Crippen LogP contribution >= 0.6 is 0 Å². The summed E-state index contributed by atoms with van der Waals surface area (Å²) in [6, 6.07) is 9.48. The molecule has 1 aromatic carbocycles. The van der Waals surface area contributed by atoms with Crippen molar-refractivity contribution in [2.75, 3.05) is 5.73 Å². The van der Waals surface area contributed by atoms with Gasteiger partial charge < -0.3 is 11.1 Å². The van der Waals surface area contributed by atoms with Crippen LogP contribution in [0.1, 0.15) is 38.2 Å². The normalized spacial score (nSPS) is 13.4. The Morgan fingerprint density at radius 1 is 1.39 bits per heavy atom. The number of nitriles is 1. The number of amides is 1. The Morgan fingerprint density at radius 2 is 2.00 bits per heavy atom. The summed E-state index contributed by atoms with van der Waals surface area (Å²) in [5.74, 6) is 0.113. The van der Waals surface area contributed by atoms with E-state index in [0.717, 1.165) is 11.3 Å². The number of carbonyl (C=O) groups is 1. The highest BCUT2D eigenvalue weighted by Gasteiger charge is 2.13. The average molecular weight is 245 g/mol. The van der Waals surface area contributed by atoms with E-state index < -0.39 is 0 Å². The Balaban J connectivity index is 2.49. The zero-order valence-corrected chi connectivity index (χ0v) is 10.8. The zero-order valence-electron chi connectivity index (χ0n) is 10.8. The number of hydrogen-bond donors (Lipinski definition) is 2. The molecule has 0 bridgehead atoms. The molecule has 0 aliphatic heterocycles. The van der Waals surface area contributed by atoms with Gasteiger partial charge in [-0.2, -0.15) is 5.26 Å². The standard InChI is InChI=1S/C14H19N3O/c1-10(12-3-5-13(16)6-4-12)9-14(18)17-11(2)7-8-15/h3-6,10-11H,7,9,16H2,1-2H3,(H,17,18). The first-order valence-corrected chi connectivity index (χ1v) is 6.04. The highest BCUT2D eigenvalue weighted by atomic mass is 16.1. The number of anilines is 1. The molecule has 96 valence electrons. The van der Waals surface area contributed by atoms with Gasteiger partial charge in [0.25, 0.3) is 0 Å². The van der Waals surface area contributed by atoms with Crippen molar-refractivity contribution in [3.8, 4) is 6.07 Å². The lowest BCUT2D eigenvalue weighted by Crippen LogP contribution is -2.32. The molecule has 1 amide bonds. The number of hydrogen-bond acceptors (Lipinski definition) is 3. The van der Waals surface area contributed by atoms with E-state index in [1.54, 1.807) is 0 Å². The molecule has 4 heteroatoms. The van der Waals surface area contributed by atoms with Crippen LogP contribution in [0.5, 0.6) is 0 Å². The second-order valence-electron chi connectivity index (χ2n) is 4.60. The maximum Gasteiger partial charge on any atom is 0.220 e. The van der Waals surface area contributed by atoms with E-state index >= 15 is 0 Å². The Morgan fingerprint density at radius 3 is 2.56 bits per heavy atom. The van der Waals surface area contributed by atoms with Crippen LogP contribution in [0.3, 0.4) is 0 Å². The molecule has 0 spiro atoms. The van der Waals surface area contributed by atoms with Gasteiger partial charge in [-0.05, 0) is 30.5 Å².